The van der Waals surface area contributed by atoms with E-state index in [1.807, 2.05) is 0 Å². The highest BCUT2D eigenvalue weighted by Gasteiger charge is 1.99. The van der Waals surface area contributed by atoms with Crippen LogP contribution in [0.15, 0.2) is 12.4 Å². The number of alkyl halides is 1. The van der Waals surface area contributed by atoms with Gasteiger partial charge < -0.3 is 5.32 Å². The largest absolute Gasteiger partial charge is 0.322 e. The topological polar surface area (TPSA) is 54.9 Å². The summed E-state index contributed by atoms with van der Waals surface area (Å²) < 4.78 is 0. The zero-order chi connectivity index (χ0) is 8.97. The van der Waals surface area contributed by atoms with Crippen LogP contribution in [0.5, 0.6) is 0 Å². The summed E-state index contributed by atoms with van der Waals surface area (Å²) >= 11 is 10.7. The third-order valence-electron chi connectivity index (χ3n) is 1.03. The molecule has 0 aliphatic heterocycles. The van der Waals surface area contributed by atoms with Gasteiger partial charge in [-0.15, -0.1) is 11.6 Å². The Balaban J connectivity index is 2.64. The summed E-state index contributed by atoms with van der Waals surface area (Å²) in [5.74, 6) is -0.398. The van der Waals surface area contributed by atoms with E-state index < -0.39 is 0 Å². The fraction of sp³-hybridized carbons (Fsp3) is 0.167. The first kappa shape index (κ1) is 9.22. The number of nitrogens with one attached hydrogen (secondary N) is 1. The number of nitrogens with zero attached hydrogens (tertiary/aromatic N) is 2. The number of halogens is 2. The molecule has 6 heteroatoms. The predicted octanol–water partition coefficient (Wildman–Crippen LogP) is 1.31. The van der Waals surface area contributed by atoms with E-state index in [9.17, 15) is 4.79 Å². The van der Waals surface area contributed by atoms with E-state index in [1.165, 1.54) is 12.4 Å². The van der Waals surface area contributed by atoms with Crippen LogP contribution in [0.3, 0.4) is 0 Å². The molecule has 0 saturated heterocycles. The van der Waals surface area contributed by atoms with Crippen LogP contribution < -0.4 is 5.32 Å². The van der Waals surface area contributed by atoms with Gasteiger partial charge in [-0.05, 0) is 11.6 Å². The summed E-state index contributed by atoms with van der Waals surface area (Å²) in [5.41, 5.74) is 0.477. The molecule has 0 unspecified atom stereocenters. The van der Waals surface area contributed by atoms with Gasteiger partial charge in [0.2, 0.25) is 11.2 Å². The van der Waals surface area contributed by atoms with Gasteiger partial charge in [0.05, 0.1) is 18.1 Å². The van der Waals surface area contributed by atoms with Crippen molar-refractivity contribution < 1.29 is 4.79 Å². The van der Waals surface area contributed by atoms with Crippen LogP contribution in [0.25, 0.3) is 0 Å². The molecular weight excluding hydrogens is 201 g/mol. The molecule has 0 atom stereocenters. The first-order valence-corrected chi connectivity index (χ1v) is 3.97. The van der Waals surface area contributed by atoms with E-state index in [1.54, 1.807) is 0 Å². The van der Waals surface area contributed by atoms with Gasteiger partial charge in [-0.2, -0.15) is 0 Å². The number of anilines is 1. The Bertz CT molecular complexity index is 275. The summed E-state index contributed by atoms with van der Waals surface area (Å²) in [6.07, 6.45) is 2.81. The molecule has 0 radical (unpaired) electrons. The number of amides is 1. The molecule has 4 nitrogen and oxygen atoms in total. The summed E-state index contributed by atoms with van der Waals surface area (Å²) in [5, 5.41) is 2.60. The van der Waals surface area contributed by atoms with Crippen molar-refractivity contribution >= 4 is 34.8 Å². The maximum absolute atomic E-state index is 10.7. The Labute approximate surface area is 78.9 Å². The molecule has 1 aromatic rings. The van der Waals surface area contributed by atoms with Crippen molar-refractivity contribution in [2.75, 3.05) is 11.2 Å². The Kier molecular flexibility index (Phi) is 3.25. The van der Waals surface area contributed by atoms with Gasteiger partial charge in [-0.25, -0.2) is 9.97 Å². The van der Waals surface area contributed by atoms with Crippen molar-refractivity contribution in [1.29, 1.82) is 0 Å². The second kappa shape index (κ2) is 4.23. The lowest BCUT2D eigenvalue weighted by atomic mass is 10.5. The van der Waals surface area contributed by atoms with Gasteiger partial charge in [-0.1, -0.05) is 0 Å². The van der Waals surface area contributed by atoms with Gasteiger partial charge in [0, 0.05) is 0 Å². The average Bonchev–Trinajstić information content (AvgIpc) is 2.09. The highest BCUT2D eigenvalue weighted by atomic mass is 35.5. The normalized spacial score (nSPS) is 9.50. The number of carbonyl (C=O) groups excluding carboxylic acids is 1. The first-order chi connectivity index (χ1) is 5.72. The quantitative estimate of drug-likeness (QED) is 0.586. The van der Waals surface area contributed by atoms with Crippen molar-refractivity contribution in [1.82, 2.24) is 9.97 Å². The summed E-state index contributed by atoms with van der Waals surface area (Å²) in [4.78, 5) is 18.1. The molecule has 0 spiro atoms. The summed E-state index contributed by atoms with van der Waals surface area (Å²) in [6.45, 7) is 0. The lowest BCUT2D eigenvalue weighted by Gasteiger charge is -1.99. The van der Waals surface area contributed by atoms with Crippen molar-refractivity contribution in [3.05, 3.63) is 17.7 Å². The van der Waals surface area contributed by atoms with Crippen LogP contribution in [0.4, 0.5) is 5.69 Å². The minimum atomic E-state index is -0.303. The Morgan fingerprint density at radius 3 is 2.58 bits per heavy atom. The third-order valence-corrected chi connectivity index (χ3v) is 1.46. The molecule has 1 aromatic heterocycles. The van der Waals surface area contributed by atoms with Crippen LogP contribution in [-0.2, 0) is 4.79 Å². The molecule has 0 aliphatic rings. The Hall–Kier alpha value is -0.870. The molecule has 12 heavy (non-hydrogen) atoms. The van der Waals surface area contributed by atoms with E-state index in [2.05, 4.69) is 15.3 Å². The highest BCUT2D eigenvalue weighted by molar-refractivity contribution is 6.29. The summed E-state index contributed by atoms with van der Waals surface area (Å²) in [6, 6.07) is 0. The molecule has 0 fully saturated rings. The second-order valence-corrected chi connectivity index (χ2v) is 2.53. The van der Waals surface area contributed by atoms with Crippen molar-refractivity contribution in [3.8, 4) is 0 Å². The SMILES string of the molecule is O=C(CCl)Nc1cnc(Cl)nc1. The Morgan fingerprint density at radius 1 is 1.50 bits per heavy atom. The number of carbonyl (C=O) groups is 1. The smallest absolute Gasteiger partial charge is 0.239 e. The lowest BCUT2D eigenvalue weighted by molar-refractivity contribution is -0.113. The monoisotopic (exact) mass is 205 g/mol. The first-order valence-electron chi connectivity index (χ1n) is 3.05. The van der Waals surface area contributed by atoms with E-state index in [0.29, 0.717) is 5.69 Å². The number of hydrogen-bond donors (Lipinski definition) is 1. The van der Waals surface area contributed by atoms with Crippen LogP contribution in [-0.4, -0.2) is 21.8 Å². The van der Waals surface area contributed by atoms with Crippen molar-refractivity contribution in [2.24, 2.45) is 0 Å². The standard InChI is InChI=1S/C6H5Cl2N3O/c7-1-5(12)11-4-2-9-6(8)10-3-4/h2-3H,1H2,(H,11,12). The highest BCUT2D eigenvalue weighted by Crippen LogP contribution is 2.05. The van der Waals surface area contributed by atoms with Crippen LogP contribution >= 0.6 is 23.2 Å². The fourth-order valence-corrected chi connectivity index (χ4v) is 0.736. The van der Waals surface area contributed by atoms with Gasteiger partial charge in [0.1, 0.15) is 5.88 Å². The molecule has 1 rings (SSSR count). The van der Waals surface area contributed by atoms with E-state index >= 15 is 0 Å². The zero-order valence-corrected chi connectivity index (χ0v) is 7.43. The van der Waals surface area contributed by atoms with Gasteiger partial charge in [-0.3, -0.25) is 4.79 Å². The minimum Gasteiger partial charge on any atom is -0.322 e. The maximum Gasteiger partial charge on any atom is 0.239 e. The van der Waals surface area contributed by atoms with Crippen molar-refractivity contribution in [2.45, 2.75) is 0 Å². The van der Waals surface area contributed by atoms with Gasteiger partial charge in [0.15, 0.2) is 0 Å². The minimum absolute atomic E-state index is 0.0946. The van der Waals surface area contributed by atoms with E-state index in [4.69, 9.17) is 23.2 Å². The molecule has 0 aromatic carbocycles. The molecule has 0 saturated carbocycles. The summed E-state index contributed by atoms with van der Waals surface area (Å²) in [7, 11) is 0. The van der Waals surface area contributed by atoms with E-state index in [-0.39, 0.29) is 17.1 Å². The average molecular weight is 206 g/mol. The lowest BCUT2D eigenvalue weighted by Crippen LogP contribution is -2.12. The van der Waals surface area contributed by atoms with Crippen LogP contribution in [0.1, 0.15) is 0 Å². The number of rotatable bonds is 2. The fourth-order valence-electron chi connectivity index (χ4n) is 0.571. The number of aromatic nitrogens is 2. The Morgan fingerprint density at radius 2 is 2.08 bits per heavy atom. The maximum atomic E-state index is 10.7. The molecule has 64 valence electrons. The molecule has 1 N–H and O–H groups in total. The molecule has 0 bridgehead atoms. The predicted molar refractivity (Wildman–Crippen MR) is 46.4 cm³/mol. The second-order valence-electron chi connectivity index (χ2n) is 1.92. The number of hydrogen-bond acceptors (Lipinski definition) is 3. The van der Waals surface area contributed by atoms with Crippen LogP contribution in [0, 0.1) is 0 Å². The molecular formula is C6H5Cl2N3O. The zero-order valence-electron chi connectivity index (χ0n) is 5.92. The van der Waals surface area contributed by atoms with Crippen LogP contribution in [0.2, 0.25) is 5.28 Å². The van der Waals surface area contributed by atoms with Crippen molar-refractivity contribution in [3.63, 3.8) is 0 Å². The van der Waals surface area contributed by atoms with Gasteiger partial charge in [0.25, 0.3) is 0 Å². The van der Waals surface area contributed by atoms with E-state index in [0.717, 1.165) is 0 Å². The molecule has 1 amide bonds. The van der Waals surface area contributed by atoms with Gasteiger partial charge >= 0.3 is 0 Å². The molecule has 1 heterocycles. The molecule has 0 aliphatic carbocycles. The third kappa shape index (κ3) is 2.64.